The Morgan fingerprint density at radius 3 is 2.50 bits per heavy atom. The van der Waals surface area contributed by atoms with Crippen LogP contribution in [0.4, 0.5) is 11.4 Å². The maximum Gasteiger partial charge on any atom is 0.106 e. The summed E-state index contributed by atoms with van der Waals surface area (Å²) in [6.45, 7) is 1.90. The van der Waals surface area contributed by atoms with Gasteiger partial charge in [0.25, 0.3) is 0 Å². The number of hydrogen-bond acceptors (Lipinski definition) is 2. The van der Waals surface area contributed by atoms with Crippen molar-refractivity contribution in [3.8, 4) is 0 Å². The van der Waals surface area contributed by atoms with E-state index >= 15 is 0 Å². The Bertz CT molecular complexity index is 689. The first-order valence-electron chi connectivity index (χ1n) is 5.70. The van der Waals surface area contributed by atoms with E-state index in [-0.39, 0.29) is 0 Å². The van der Waals surface area contributed by atoms with Crippen molar-refractivity contribution in [3.63, 3.8) is 0 Å². The highest BCUT2D eigenvalue weighted by Gasteiger charge is 2.10. The van der Waals surface area contributed by atoms with Gasteiger partial charge in [-0.15, -0.1) is 0 Å². The van der Waals surface area contributed by atoms with Gasteiger partial charge in [0.05, 0.1) is 10.7 Å². The van der Waals surface area contributed by atoms with Crippen LogP contribution in [0.1, 0.15) is 11.1 Å². The van der Waals surface area contributed by atoms with Crippen LogP contribution in [0.5, 0.6) is 0 Å². The van der Waals surface area contributed by atoms with Gasteiger partial charge in [0.15, 0.2) is 0 Å². The number of aryl methyl sites for hydroxylation is 1. The van der Waals surface area contributed by atoms with Gasteiger partial charge < -0.3 is 11.1 Å². The van der Waals surface area contributed by atoms with Crippen molar-refractivity contribution in [2.24, 2.45) is 5.73 Å². The van der Waals surface area contributed by atoms with Gasteiger partial charge in [-0.1, -0.05) is 51.3 Å². The van der Waals surface area contributed by atoms with Crippen LogP contribution in [0.25, 0.3) is 0 Å². The van der Waals surface area contributed by atoms with Crippen LogP contribution >= 0.6 is 51.3 Å². The first-order chi connectivity index (χ1) is 9.38. The predicted molar refractivity (Wildman–Crippen MR) is 94.5 cm³/mol. The average molecular weight is 390 g/mol. The summed E-state index contributed by atoms with van der Waals surface area (Å²) in [5.41, 5.74) is 8.89. The summed E-state index contributed by atoms with van der Waals surface area (Å²) >= 11 is 20.8. The van der Waals surface area contributed by atoms with Gasteiger partial charge >= 0.3 is 0 Å². The van der Waals surface area contributed by atoms with Crippen LogP contribution in [0, 0.1) is 6.92 Å². The molecule has 0 aliphatic rings. The minimum absolute atomic E-state index is 0.308. The van der Waals surface area contributed by atoms with Crippen molar-refractivity contribution in [3.05, 3.63) is 56.0 Å². The van der Waals surface area contributed by atoms with E-state index in [0.29, 0.717) is 20.7 Å². The van der Waals surface area contributed by atoms with Crippen molar-refractivity contribution in [2.45, 2.75) is 6.92 Å². The number of benzene rings is 2. The van der Waals surface area contributed by atoms with Gasteiger partial charge in [-0.25, -0.2) is 0 Å². The summed E-state index contributed by atoms with van der Waals surface area (Å²) < 4.78 is 0.902. The van der Waals surface area contributed by atoms with Crippen molar-refractivity contribution >= 4 is 67.7 Å². The smallest absolute Gasteiger partial charge is 0.106 e. The average Bonchev–Trinajstić information content (AvgIpc) is 2.37. The molecule has 0 bridgehead atoms. The van der Waals surface area contributed by atoms with Crippen molar-refractivity contribution in [1.82, 2.24) is 0 Å². The number of halogens is 3. The molecule has 104 valence electrons. The summed E-state index contributed by atoms with van der Waals surface area (Å²) in [5.74, 6) is 0. The molecule has 6 heteroatoms. The number of nitrogens with two attached hydrogens (primary N) is 1. The zero-order valence-corrected chi connectivity index (χ0v) is 14.4. The number of anilines is 2. The third-order valence-electron chi connectivity index (χ3n) is 2.76. The Hall–Kier alpha value is -0.810. The van der Waals surface area contributed by atoms with Crippen molar-refractivity contribution in [1.29, 1.82) is 0 Å². The number of thiocarbonyl (C=S) groups is 1. The Morgan fingerprint density at radius 1 is 1.15 bits per heavy atom. The molecular weight excluding hydrogens is 379 g/mol. The van der Waals surface area contributed by atoms with Gasteiger partial charge in [0.1, 0.15) is 4.99 Å². The SMILES string of the molecule is Cc1cc(Cl)c(Nc2ccc(Br)cc2C(N)=S)cc1Cl. The molecule has 0 spiro atoms. The molecule has 2 aromatic rings. The molecule has 0 amide bonds. The monoisotopic (exact) mass is 388 g/mol. The molecular formula is C14H11BrCl2N2S. The fourth-order valence-corrected chi connectivity index (χ4v) is 2.68. The normalized spacial score (nSPS) is 10.4. The highest BCUT2D eigenvalue weighted by atomic mass is 79.9. The summed E-state index contributed by atoms with van der Waals surface area (Å²) in [6.07, 6.45) is 0. The molecule has 0 saturated carbocycles. The third kappa shape index (κ3) is 3.44. The van der Waals surface area contributed by atoms with Gasteiger partial charge in [-0.05, 0) is 42.8 Å². The van der Waals surface area contributed by atoms with E-state index in [0.717, 1.165) is 21.3 Å². The van der Waals surface area contributed by atoms with Crippen LogP contribution in [0.3, 0.4) is 0 Å². The quantitative estimate of drug-likeness (QED) is 0.686. The molecule has 2 aromatic carbocycles. The molecule has 20 heavy (non-hydrogen) atoms. The second-order valence-electron chi connectivity index (χ2n) is 4.26. The largest absolute Gasteiger partial charge is 0.389 e. The van der Waals surface area contributed by atoms with Crippen molar-refractivity contribution < 1.29 is 0 Å². The Morgan fingerprint density at radius 2 is 1.85 bits per heavy atom. The van der Waals surface area contributed by atoms with Crippen LogP contribution in [-0.4, -0.2) is 4.99 Å². The van der Waals surface area contributed by atoms with Crippen LogP contribution in [-0.2, 0) is 0 Å². The highest BCUT2D eigenvalue weighted by molar-refractivity contribution is 9.10. The predicted octanol–water partition coefficient (Wildman–Crippen LogP) is 5.44. The number of rotatable bonds is 3. The molecule has 0 aromatic heterocycles. The molecule has 2 rings (SSSR count). The van der Waals surface area contributed by atoms with E-state index in [1.165, 1.54) is 0 Å². The molecule has 0 aliphatic heterocycles. The second-order valence-corrected chi connectivity index (χ2v) is 6.43. The van der Waals surface area contributed by atoms with Crippen LogP contribution in [0.2, 0.25) is 10.0 Å². The lowest BCUT2D eigenvalue weighted by atomic mass is 10.1. The first kappa shape index (κ1) is 15.6. The standard InChI is InChI=1S/C14H11BrCl2N2S/c1-7-4-11(17)13(6-10(7)16)19-12-3-2-8(15)5-9(12)14(18)20/h2-6,19H,1H3,(H2,18,20). The van der Waals surface area contributed by atoms with E-state index in [9.17, 15) is 0 Å². The first-order valence-corrected chi connectivity index (χ1v) is 7.66. The van der Waals surface area contributed by atoms with E-state index in [1.54, 1.807) is 6.07 Å². The van der Waals surface area contributed by atoms with Gasteiger partial charge in [-0.3, -0.25) is 0 Å². The zero-order chi connectivity index (χ0) is 14.9. The van der Waals surface area contributed by atoms with Gasteiger partial charge in [-0.2, -0.15) is 0 Å². The molecule has 0 fully saturated rings. The van der Waals surface area contributed by atoms with Crippen molar-refractivity contribution in [2.75, 3.05) is 5.32 Å². The van der Waals surface area contributed by atoms with E-state index in [4.69, 9.17) is 41.2 Å². The molecule has 0 saturated heterocycles. The van der Waals surface area contributed by atoms with Gasteiger partial charge in [0.2, 0.25) is 0 Å². The molecule has 0 heterocycles. The molecule has 3 N–H and O–H groups in total. The summed E-state index contributed by atoms with van der Waals surface area (Å²) in [5, 5.41) is 4.44. The van der Waals surface area contributed by atoms with E-state index in [1.807, 2.05) is 31.2 Å². The minimum atomic E-state index is 0.308. The summed E-state index contributed by atoms with van der Waals surface area (Å²) in [7, 11) is 0. The zero-order valence-electron chi connectivity index (χ0n) is 10.5. The van der Waals surface area contributed by atoms with E-state index < -0.39 is 0 Å². The lowest BCUT2D eigenvalue weighted by Gasteiger charge is -2.14. The topological polar surface area (TPSA) is 38.0 Å². The molecule has 0 atom stereocenters. The Kier molecular flexibility index (Phi) is 4.91. The molecule has 0 aliphatic carbocycles. The molecule has 0 radical (unpaired) electrons. The second kappa shape index (κ2) is 6.31. The number of nitrogens with one attached hydrogen (secondary N) is 1. The fourth-order valence-electron chi connectivity index (χ4n) is 1.72. The number of hydrogen-bond donors (Lipinski definition) is 2. The third-order valence-corrected chi connectivity index (χ3v) is 4.20. The van der Waals surface area contributed by atoms with Gasteiger partial charge in [0, 0.05) is 20.7 Å². The molecule has 2 nitrogen and oxygen atoms in total. The lowest BCUT2D eigenvalue weighted by Crippen LogP contribution is -2.12. The van der Waals surface area contributed by atoms with E-state index in [2.05, 4.69) is 21.2 Å². The minimum Gasteiger partial charge on any atom is -0.389 e. The van der Waals surface area contributed by atoms with Crippen LogP contribution in [0.15, 0.2) is 34.8 Å². The lowest BCUT2D eigenvalue weighted by molar-refractivity contribution is 1.44. The summed E-state index contributed by atoms with van der Waals surface area (Å²) in [6, 6.07) is 9.22. The summed E-state index contributed by atoms with van der Waals surface area (Å²) in [4.78, 5) is 0.308. The van der Waals surface area contributed by atoms with Crippen LogP contribution < -0.4 is 11.1 Å². The highest BCUT2D eigenvalue weighted by Crippen LogP contribution is 2.32. The molecule has 0 unspecified atom stereocenters. The fraction of sp³-hybridized carbons (Fsp3) is 0.0714. The Balaban J connectivity index is 2.45. The Labute approximate surface area is 141 Å². The maximum absolute atomic E-state index is 6.22. The maximum atomic E-state index is 6.22.